The minimum atomic E-state index is -1.07. The monoisotopic (exact) mass is 280 g/mol. The molecule has 0 saturated heterocycles. The standard InChI is InChI=1S/C14H20N2O4/c1-20-10-6-2-5-9-15-14(19)16-12-8-4-3-7-11(12)13(17)18/h3-4,7-8H,2,5-6,9-10H2,1H3,(H,17,18)(H2,15,16,19). The van der Waals surface area contributed by atoms with Crippen LogP contribution in [0.15, 0.2) is 24.3 Å². The number of hydrogen-bond acceptors (Lipinski definition) is 3. The number of benzene rings is 1. The van der Waals surface area contributed by atoms with Crippen molar-refractivity contribution in [1.29, 1.82) is 0 Å². The summed E-state index contributed by atoms with van der Waals surface area (Å²) in [5.74, 6) is -1.07. The predicted molar refractivity (Wildman–Crippen MR) is 76.1 cm³/mol. The van der Waals surface area contributed by atoms with Crippen LogP contribution in [0.2, 0.25) is 0 Å². The molecule has 6 heteroatoms. The van der Waals surface area contributed by atoms with Crippen molar-refractivity contribution in [3.63, 3.8) is 0 Å². The average Bonchev–Trinajstić information content (AvgIpc) is 2.43. The Bertz CT molecular complexity index is 449. The highest BCUT2D eigenvalue weighted by molar-refractivity contribution is 5.99. The van der Waals surface area contributed by atoms with Crippen LogP contribution in [0.25, 0.3) is 0 Å². The van der Waals surface area contributed by atoms with Crippen LogP contribution in [0.3, 0.4) is 0 Å². The average molecular weight is 280 g/mol. The first kappa shape index (κ1) is 16.0. The topological polar surface area (TPSA) is 87.7 Å². The number of nitrogens with one attached hydrogen (secondary N) is 2. The van der Waals surface area contributed by atoms with Gasteiger partial charge >= 0.3 is 12.0 Å². The number of para-hydroxylation sites is 1. The number of anilines is 1. The SMILES string of the molecule is COCCCCCNC(=O)Nc1ccccc1C(=O)O. The number of hydrogen-bond donors (Lipinski definition) is 3. The summed E-state index contributed by atoms with van der Waals surface area (Å²) in [5, 5.41) is 14.2. The first-order valence-electron chi connectivity index (χ1n) is 6.51. The van der Waals surface area contributed by atoms with Crippen LogP contribution < -0.4 is 10.6 Å². The maximum absolute atomic E-state index is 11.6. The van der Waals surface area contributed by atoms with E-state index in [0.717, 1.165) is 25.9 Å². The summed E-state index contributed by atoms with van der Waals surface area (Å²) < 4.78 is 4.93. The Balaban J connectivity index is 2.34. The fourth-order valence-corrected chi connectivity index (χ4v) is 1.70. The summed E-state index contributed by atoms with van der Waals surface area (Å²) in [4.78, 5) is 22.6. The number of urea groups is 1. The van der Waals surface area contributed by atoms with Crippen molar-refractivity contribution in [2.75, 3.05) is 25.6 Å². The van der Waals surface area contributed by atoms with Gasteiger partial charge in [0, 0.05) is 20.3 Å². The Morgan fingerprint density at radius 1 is 1.20 bits per heavy atom. The molecule has 0 radical (unpaired) electrons. The van der Waals surface area contributed by atoms with E-state index in [9.17, 15) is 9.59 Å². The van der Waals surface area contributed by atoms with E-state index < -0.39 is 12.0 Å². The summed E-state index contributed by atoms with van der Waals surface area (Å²) in [6, 6.07) is 5.89. The van der Waals surface area contributed by atoms with Gasteiger partial charge in [0.05, 0.1) is 11.3 Å². The molecule has 20 heavy (non-hydrogen) atoms. The van der Waals surface area contributed by atoms with Crippen molar-refractivity contribution in [1.82, 2.24) is 5.32 Å². The molecule has 3 N–H and O–H groups in total. The number of carbonyl (C=O) groups excluding carboxylic acids is 1. The second-order valence-corrected chi connectivity index (χ2v) is 4.29. The van der Waals surface area contributed by atoms with E-state index in [1.165, 1.54) is 6.07 Å². The lowest BCUT2D eigenvalue weighted by atomic mass is 10.2. The number of carbonyl (C=O) groups is 2. The van der Waals surface area contributed by atoms with Gasteiger partial charge in [0.1, 0.15) is 0 Å². The Morgan fingerprint density at radius 2 is 1.95 bits per heavy atom. The molecular formula is C14H20N2O4. The molecule has 6 nitrogen and oxygen atoms in total. The third-order valence-electron chi connectivity index (χ3n) is 2.72. The first-order chi connectivity index (χ1) is 9.65. The molecule has 0 spiro atoms. The summed E-state index contributed by atoms with van der Waals surface area (Å²) in [6.07, 6.45) is 2.79. The molecule has 1 rings (SSSR count). The third kappa shape index (κ3) is 5.71. The lowest BCUT2D eigenvalue weighted by molar-refractivity contribution is 0.0698. The Labute approximate surface area is 118 Å². The van der Waals surface area contributed by atoms with E-state index in [1.807, 2.05) is 0 Å². The fraction of sp³-hybridized carbons (Fsp3) is 0.429. The fourth-order valence-electron chi connectivity index (χ4n) is 1.70. The first-order valence-corrected chi connectivity index (χ1v) is 6.51. The Morgan fingerprint density at radius 3 is 2.65 bits per heavy atom. The van der Waals surface area contributed by atoms with Gasteiger partial charge in [-0.1, -0.05) is 12.1 Å². The van der Waals surface area contributed by atoms with E-state index in [2.05, 4.69) is 10.6 Å². The molecule has 0 saturated carbocycles. The summed E-state index contributed by atoms with van der Waals surface area (Å²) >= 11 is 0. The quantitative estimate of drug-likeness (QED) is 0.638. The van der Waals surface area contributed by atoms with Crippen molar-refractivity contribution >= 4 is 17.7 Å². The van der Waals surface area contributed by atoms with Crippen molar-refractivity contribution in [2.45, 2.75) is 19.3 Å². The normalized spacial score (nSPS) is 10.1. The van der Waals surface area contributed by atoms with E-state index in [1.54, 1.807) is 25.3 Å². The third-order valence-corrected chi connectivity index (χ3v) is 2.72. The second kappa shape index (κ2) is 8.92. The predicted octanol–water partition coefficient (Wildman–Crippen LogP) is 2.32. The maximum Gasteiger partial charge on any atom is 0.337 e. The van der Waals surface area contributed by atoms with Crippen LogP contribution in [0.4, 0.5) is 10.5 Å². The van der Waals surface area contributed by atoms with Crippen LogP contribution in [0.1, 0.15) is 29.6 Å². The lowest BCUT2D eigenvalue weighted by Gasteiger charge is -2.09. The molecule has 0 aliphatic heterocycles. The van der Waals surface area contributed by atoms with Gasteiger partial charge in [-0.2, -0.15) is 0 Å². The number of unbranched alkanes of at least 4 members (excludes halogenated alkanes) is 2. The molecular weight excluding hydrogens is 260 g/mol. The molecule has 2 amide bonds. The van der Waals surface area contributed by atoms with Gasteiger partial charge < -0.3 is 20.5 Å². The molecule has 0 atom stereocenters. The summed E-state index contributed by atoms with van der Waals surface area (Å²) in [7, 11) is 1.66. The molecule has 0 fully saturated rings. The zero-order valence-electron chi connectivity index (χ0n) is 11.5. The van der Waals surface area contributed by atoms with Gasteiger partial charge in [0.2, 0.25) is 0 Å². The number of rotatable bonds is 8. The van der Waals surface area contributed by atoms with E-state index in [0.29, 0.717) is 6.54 Å². The molecule has 1 aromatic carbocycles. The second-order valence-electron chi connectivity index (χ2n) is 4.29. The van der Waals surface area contributed by atoms with Crippen LogP contribution in [-0.2, 0) is 4.74 Å². The van der Waals surface area contributed by atoms with Crippen molar-refractivity contribution in [3.05, 3.63) is 29.8 Å². The minimum Gasteiger partial charge on any atom is -0.478 e. The van der Waals surface area contributed by atoms with Gasteiger partial charge in [0.15, 0.2) is 0 Å². The van der Waals surface area contributed by atoms with E-state index in [4.69, 9.17) is 9.84 Å². The molecule has 0 bridgehead atoms. The number of aromatic carboxylic acids is 1. The van der Waals surface area contributed by atoms with Crippen LogP contribution in [0, 0.1) is 0 Å². The van der Waals surface area contributed by atoms with E-state index in [-0.39, 0.29) is 11.3 Å². The molecule has 110 valence electrons. The highest BCUT2D eigenvalue weighted by atomic mass is 16.5. The number of ether oxygens (including phenoxy) is 1. The minimum absolute atomic E-state index is 0.0720. The smallest absolute Gasteiger partial charge is 0.337 e. The van der Waals surface area contributed by atoms with Gasteiger partial charge in [-0.05, 0) is 31.4 Å². The summed E-state index contributed by atoms with van der Waals surface area (Å²) in [6.45, 7) is 1.27. The van der Waals surface area contributed by atoms with Crippen LogP contribution in [0.5, 0.6) is 0 Å². The maximum atomic E-state index is 11.6. The number of amides is 2. The molecule has 0 heterocycles. The van der Waals surface area contributed by atoms with Gasteiger partial charge in [-0.25, -0.2) is 9.59 Å². The Hall–Kier alpha value is -2.08. The Kier molecular flexibility index (Phi) is 7.13. The largest absolute Gasteiger partial charge is 0.478 e. The molecule has 0 unspecified atom stereocenters. The van der Waals surface area contributed by atoms with Gasteiger partial charge in [-0.3, -0.25) is 0 Å². The number of carboxylic acid groups (broad SMARTS) is 1. The van der Waals surface area contributed by atoms with Crippen LogP contribution in [-0.4, -0.2) is 37.4 Å². The molecule has 0 aliphatic carbocycles. The van der Waals surface area contributed by atoms with Crippen molar-refractivity contribution in [3.8, 4) is 0 Å². The van der Waals surface area contributed by atoms with Crippen molar-refractivity contribution < 1.29 is 19.4 Å². The van der Waals surface area contributed by atoms with Gasteiger partial charge in [-0.15, -0.1) is 0 Å². The van der Waals surface area contributed by atoms with E-state index >= 15 is 0 Å². The lowest BCUT2D eigenvalue weighted by Crippen LogP contribution is -2.30. The highest BCUT2D eigenvalue weighted by Crippen LogP contribution is 2.14. The zero-order valence-corrected chi connectivity index (χ0v) is 11.5. The zero-order chi connectivity index (χ0) is 14.8. The number of methoxy groups -OCH3 is 1. The summed E-state index contributed by atoms with van der Waals surface area (Å²) in [5.41, 5.74) is 0.361. The number of carboxylic acids is 1. The van der Waals surface area contributed by atoms with Gasteiger partial charge in [0.25, 0.3) is 0 Å². The highest BCUT2D eigenvalue weighted by Gasteiger charge is 2.10. The molecule has 1 aromatic rings. The molecule has 0 aromatic heterocycles. The van der Waals surface area contributed by atoms with Crippen molar-refractivity contribution in [2.24, 2.45) is 0 Å². The molecule has 0 aliphatic rings. The van der Waals surface area contributed by atoms with Crippen LogP contribution >= 0.6 is 0 Å².